The largest absolute Gasteiger partial charge is 0.221 e. The molecular weight excluding hydrogens is 272 g/mol. The second-order valence-corrected chi connectivity index (χ2v) is 2.35. The van der Waals surface area contributed by atoms with Crippen molar-refractivity contribution >= 4 is 0 Å². The Hall–Kier alpha value is -1.32. The molecule has 1 unspecified atom stereocenters. The second kappa shape index (κ2) is 14.7. The molecule has 0 spiro atoms. The molecule has 0 aromatic carbocycles. The molecule has 3 N–H and O–H groups in total. The van der Waals surface area contributed by atoms with Crippen LogP contribution in [-0.2, 0) is 39.9 Å². The van der Waals surface area contributed by atoms with Crippen LogP contribution in [0.1, 0.15) is 6.42 Å². The summed E-state index contributed by atoms with van der Waals surface area (Å²) in [7, 11) is 0. The van der Waals surface area contributed by atoms with Gasteiger partial charge in [0.05, 0.1) is 6.42 Å². The van der Waals surface area contributed by atoms with Crippen molar-refractivity contribution in [1.29, 1.82) is 0 Å². The maximum absolute atomic E-state index is 8.11. The Morgan fingerprint density at radius 3 is 2.00 bits per heavy atom. The second-order valence-electron chi connectivity index (χ2n) is 2.35. The molecule has 0 bridgehead atoms. The van der Waals surface area contributed by atoms with Gasteiger partial charge in [0.25, 0.3) is 0 Å². The molecule has 0 aliphatic rings. The van der Waals surface area contributed by atoms with Gasteiger partial charge in [-0.05, 0) is 20.2 Å². The summed E-state index contributed by atoms with van der Waals surface area (Å²) in [5.74, 6) is 9.80. The minimum Gasteiger partial charge on any atom is -0.221 e. The molecule has 0 radical (unpaired) electrons. The summed E-state index contributed by atoms with van der Waals surface area (Å²) in [5.41, 5.74) is 0. The maximum Gasteiger partial charge on any atom is 0.167 e. The lowest BCUT2D eigenvalue weighted by Gasteiger charge is -2.02. The zero-order valence-corrected chi connectivity index (χ0v) is 9.31. The summed E-state index contributed by atoms with van der Waals surface area (Å²) in [5, 5.41) is 40.6. The zero-order chi connectivity index (χ0) is 14.2. The van der Waals surface area contributed by atoms with Crippen molar-refractivity contribution in [3.8, 4) is 23.7 Å². The molecule has 0 fully saturated rings. The van der Waals surface area contributed by atoms with E-state index in [4.69, 9.17) is 15.8 Å². The fourth-order valence-corrected chi connectivity index (χ4v) is 0.683. The standard InChI is InChI=1S/C8H10O11/c9-15-14-8(5-3-7-13-19-17-11)4-1-2-6-12-18-16-10/h8-11H,4,6-7H2. The molecule has 19 heavy (non-hydrogen) atoms. The molecule has 0 amide bonds. The average Bonchev–Trinajstić information content (AvgIpc) is 2.42. The predicted molar refractivity (Wildman–Crippen MR) is 50.3 cm³/mol. The highest BCUT2D eigenvalue weighted by atomic mass is 17.7. The molecule has 0 aliphatic carbocycles. The van der Waals surface area contributed by atoms with Crippen molar-refractivity contribution in [2.24, 2.45) is 0 Å². The van der Waals surface area contributed by atoms with Gasteiger partial charge in [-0.3, -0.25) is 0 Å². The molecule has 0 saturated carbocycles. The van der Waals surface area contributed by atoms with Crippen molar-refractivity contribution < 1.29 is 55.6 Å². The first-order valence-electron chi connectivity index (χ1n) is 4.45. The van der Waals surface area contributed by atoms with Gasteiger partial charge < -0.3 is 0 Å². The van der Waals surface area contributed by atoms with Crippen LogP contribution in [0.3, 0.4) is 0 Å². The Bertz CT molecular complexity index is 310. The van der Waals surface area contributed by atoms with Crippen LogP contribution in [0.4, 0.5) is 0 Å². The van der Waals surface area contributed by atoms with Gasteiger partial charge in [0.15, 0.2) is 6.10 Å². The summed E-state index contributed by atoms with van der Waals surface area (Å²) < 4.78 is 0. The van der Waals surface area contributed by atoms with Crippen molar-refractivity contribution in [3.05, 3.63) is 0 Å². The Morgan fingerprint density at radius 2 is 1.42 bits per heavy atom. The molecule has 0 heterocycles. The Kier molecular flexibility index (Phi) is 13.7. The molecular formula is C8H10O11. The fourth-order valence-electron chi connectivity index (χ4n) is 0.683. The quantitative estimate of drug-likeness (QED) is 0.226. The summed E-state index contributed by atoms with van der Waals surface area (Å²) >= 11 is 0. The minimum atomic E-state index is -0.883. The predicted octanol–water partition coefficient (Wildman–Crippen LogP) is -0.121. The smallest absolute Gasteiger partial charge is 0.167 e. The number of hydrogen-bond donors (Lipinski definition) is 3. The van der Waals surface area contributed by atoms with E-state index in [0.717, 1.165) is 0 Å². The van der Waals surface area contributed by atoms with Crippen LogP contribution < -0.4 is 0 Å². The van der Waals surface area contributed by atoms with Gasteiger partial charge in [0.2, 0.25) is 0 Å². The van der Waals surface area contributed by atoms with Crippen molar-refractivity contribution in [3.63, 3.8) is 0 Å². The van der Waals surface area contributed by atoms with E-state index < -0.39 is 6.10 Å². The van der Waals surface area contributed by atoms with E-state index >= 15 is 0 Å². The van der Waals surface area contributed by atoms with E-state index in [1.807, 2.05) is 0 Å². The van der Waals surface area contributed by atoms with E-state index in [1.165, 1.54) is 0 Å². The van der Waals surface area contributed by atoms with Crippen molar-refractivity contribution in [2.45, 2.75) is 12.5 Å². The van der Waals surface area contributed by atoms with Gasteiger partial charge in [-0.1, -0.05) is 28.7 Å². The molecule has 0 aliphatic heterocycles. The molecule has 11 heteroatoms. The van der Waals surface area contributed by atoms with Gasteiger partial charge in [-0.2, -0.15) is 14.7 Å². The highest BCUT2D eigenvalue weighted by molar-refractivity contribution is 5.11. The van der Waals surface area contributed by atoms with Crippen LogP contribution in [0.25, 0.3) is 0 Å². The van der Waals surface area contributed by atoms with Crippen molar-refractivity contribution in [2.75, 3.05) is 13.2 Å². The molecule has 0 aromatic rings. The summed E-state index contributed by atoms with van der Waals surface area (Å²) in [6.45, 7) is -0.435. The lowest BCUT2D eigenvalue weighted by molar-refractivity contribution is -0.621. The third-order valence-corrected chi connectivity index (χ3v) is 1.25. The van der Waals surface area contributed by atoms with E-state index in [2.05, 4.69) is 63.5 Å². The van der Waals surface area contributed by atoms with E-state index in [1.54, 1.807) is 0 Å². The van der Waals surface area contributed by atoms with Gasteiger partial charge >= 0.3 is 0 Å². The highest BCUT2D eigenvalue weighted by Gasteiger charge is 2.03. The van der Waals surface area contributed by atoms with E-state index in [-0.39, 0.29) is 19.6 Å². The average molecular weight is 282 g/mol. The lowest BCUT2D eigenvalue weighted by atomic mass is 10.2. The first kappa shape index (κ1) is 17.7. The van der Waals surface area contributed by atoms with Crippen molar-refractivity contribution in [1.82, 2.24) is 0 Å². The van der Waals surface area contributed by atoms with Crippen LogP contribution in [0.5, 0.6) is 0 Å². The van der Waals surface area contributed by atoms with E-state index in [9.17, 15) is 0 Å². The molecule has 11 nitrogen and oxygen atoms in total. The SMILES string of the molecule is OOOOCC#CCC(C#CCOOOO)OOO. The first-order chi connectivity index (χ1) is 9.35. The van der Waals surface area contributed by atoms with Gasteiger partial charge in [-0.15, -0.1) is 0 Å². The molecule has 0 saturated heterocycles. The fraction of sp³-hybridized carbons (Fsp3) is 0.500. The van der Waals surface area contributed by atoms with Crippen LogP contribution in [0.2, 0.25) is 0 Å². The monoisotopic (exact) mass is 282 g/mol. The zero-order valence-electron chi connectivity index (χ0n) is 9.31. The van der Waals surface area contributed by atoms with Gasteiger partial charge in [-0.25, -0.2) is 15.8 Å². The van der Waals surface area contributed by atoms with Gasteiger partial charge in [0.1, 0.15) is 13.2 Å². The summed E-state index contributed by atoms with van der Waals surface area (Å²) in [6.07, 6.45) is -0.833. The van der Waals surface area contributed by atoms with Gasteiger partial charge in [0, 0.05) is 0 Å². The summed E-state index contributed by atoms with van der Waals surface area (Å²) in [4.78, 5) is 12.7. The first-order valence-corrected chi connectivity index (χ1v) is 4.45. The number of rotatable bonds is 9. The minimum absolute atomic E-state index is 0.0499. The molecule has 0 aromatic heterocycles. The number of hydrogen-bond acceptors (Lipinski definition) is 11. The van der Waals surface area contributed by atoms with Crippen LogP contribution >= 0.6 is 0 Å². The highest BCUT2D eigenvalue weighted by Crippen LogP contribution is 1.96. The molecule has 0 rings (SSSR count). The summed E-state index contributed by atoms with van der Waals surface area (Å²) in [6, 6.07) is 0. The van der Waals surface area contributed by atoms with Crippen LogP contribution in [0, 0.1) is 23.7 Å². The molecule has 1 atom stereocenters. The normalized spacial score (nSPS) is 11.1. The topological polar surface area (TPSA) is 135 Å². The third kappa shape index (κ3) is 12.9. The Labute approximate surface area is 106 Å². The maximum atomic E-state index is 8.11. The van der Waals surface area contributed by atoms with E-state index in [0.29, 0.717) is 0 Å². The third-order valence-electron chi connectivity index (χ3n) is 1.25. The van der Waals surface area contributed by atoms with Crippen LogP contribution in [0.15, 0.2) is 0 Å². The Morgan fingerprint density at radius 1 is 0.789 bits per heavy atom. The Balaban J connectivity index is 3.89. The van der Waals surface area contributed by atoms with Crippen LogP contribution in [-0.4, -0.2) is 35.1 Å². The lowest BCUT2D eigenvalue weighted by Crippen LogP contribution is -2.09. The molecule has 108 valence electrons.